The molecule has 1 heterocycles. The lowest BCUT2D eigenvalue weighted by atomic mass is 10.2. The van der Waals surface area contributed by atoms with Gasteiger partial charge in [-0.25, -0.2) is 4.39 Å². The molecule has 0 bridgehead atoms. The first-order chi connectivity index (χ1) is 15.0. The number of aromatic nitrogens is 3. The maximum atomic E-state index is 13.9. The Hall–Kier alpha value is -3.45. The maximum absolute atomic E-state index is 13.9. The van der Waals surface area contributed by atoms with E-state index in [0.717, 1.165) is 16.8 Å². The summed E-state index contributed by atoms with van der Waals surface area (Å²) >= 11 is 1.27. The molecule has 1 atom stereocenters. The summed E-state index contributed by atoms with van der Waals surface area (Å²) in [5.74, 6) is -0.0919. The van der Waals surface area contributed by atoms with Crippen LogP contribution in [0.5, 0.6) is 0 Å². The number of nitrogens with zero attached hydrogens (tertiary/aromatic N) is 3. The van der Waals surface area contributed by atoms with Crippen molar-refractivity contribution in [2.24, 2.45) is 0 Å². The van der Waals surface area contributed by atoms with Crippen LogP contribution in [0, 0.1) is 12.7 Å². The van der Waals surface area contributed by atoms with Gasteiger partial charge in [-0.2, -0.15) is 0 Å². The highest BCUT2D eigenvalue weighted by molar-refractivity contribution is 8.00. The van der Waals surface area contributed by atoms with Crippen molar-refractivity contribution in [3.8, 4) is 17.1 Å². The van der Waals surface area contributed by atoms with Gasteiger partial charge in [0.1, 0.15) is 5.82 Å². The van der Waals surface area contributed by atoms with E-state index in [9.17, 15) is 9.18 Å². The van der Waals surface area contributed by atoms with Crippen LogP contribution in [0.4, 0.5) is 10.1 Å². The van der Waals surface area contributed by atoms with Crippen LogP contribution in [-0.2, 0) is 4.79 Å². The van der Waals surface area contributed by atoms with Crippen LogP contribution in [0.2, 0.25) is 0 Å². The highest BCUT2D eigenvalue weighted by atomic mass is 32.2. The minimum absolute atomic E-state index is 0.157. The molecule has 156 valence electrons. The second-order valence-electron chi connectivity index (χ2n) is 7.07. The molecule has 31 heavy (non-hydrogen) atoms. The molecule has 0 fully saturated rings. The molecule has 4 rings (SSSR count). The van der Waals surface area contributed by atoms with E-state index in [4.69, 9.17) is 0 Å². The SMILES string of the molecule is Cc1ccc(-n2c(SC(C)C(=O)Nc3ccccc3F)nnc2-c2ccccc2)cc1. The standard InChI is InChI=1S/C24H21FN4OS/c1-16-12-14-19(15-13-16)29-22(18-8-4-3-5-9-18)27-28-24(29)31-17(2)23(30)26-21-11-7-6-10-20(21)25/h3-15,17H,1-2H3,(H,26,30). The van der Waals surface area contributed by atoms with Crippen molar-refractivity contribution in [1.29, 1.82) is 0 Å². The van der Waals surface area contributed by atoms with Gasteiger partial charge in [0.15, 0.2) is 11.0 Å². The van der Waals surface area contributed by atoms with Crippen LogP contribution in [0.15, 0.2) is 84.0 Å². The lowest BCUT2D eigenvalue weighted by Gasteiger charge is -2.14. The third-order valence-corrected chi connectivity index (χ3v) is 5.78. The maximum Gasteiger partial charge on any atom is 0.237 e. The van der Waals surface area contributed by atoms with Gasteiger partial charge in [0.25, 0.3) is 0 Å². The van der Waals surface area contributed by atoms with Crippen molar-refractivity contribution >= 4 is 23.4 Å². The second-order valence-corrected chi connectivity index (χ2v) is 8.38. The molecule has 0 saturated heterocycles. The van der Waals surface area contributed by atoms with Crippen molar-refractivity contribution in [1.82, 2.24) is 14.8 Å². The molecular weight excluding hydrogens is 411 g/mol. The minimum atomic E-state index is -0.517. The van der Waals surface area contributed by atoms with Crippen LogP contribution >= 0.6 is 11.8 Å². The van der Waals surface area contributed by atoms with Crippen LogP contribution in [0.25, 0.3) is 17.1 Å². The van der Waals surface area contributed by atoms with Gasteiger partial charge >= 0.3 is 0 Å². The molecule has 0 aliphatic heterocycles. The zero-order valence-corrected chi connectivity index (χ0v) is 17.9. The number of halogens is 1. The van der Waals surface area contributed by atoms with Gasteiger partial charge in [-0.3, -0.25) is 9.36 Å². The number of para-hydroxylation sites is 1. The number of carbonyl (C=O) groups is 1. The van der Waals surface area contributed by atoms with Gasteiger partial charge in [-0.15, -0.1) is 10.2 Å². The number of hydrogen-bond acceptors (Lipinski definition) is 4. The third-order valence-electron chi connectivity index (χ3n) is 4.74. The molecule has 1 amide bonds. The van der Waals surface area contributed by atoms with E-state index in [1.165, 1.54) is 23.9 Å². The Bertz CT molecular complexity index is 1190. The van der Waals surface area contributed by atoms with Crippen molar-refractivity contribution in [2.45, 2.75) is 24.3 Å². The Balaban J connectivity index is 1.65. The highest BCUT2D eigenvalue weighted by Gasteiger charge is 2.22. The number of nitrogens with one attached hydrogen (secondary N) is 1. The zero-order valence-electron chi connectivity index (χ0n) is 17.1. The summed E-state index contributed by atoms with van der Waals surface area (Å²) < 4.78 is 15.8. The molecule has 1 aromatic heterocycles. The van der Waals surface area contributed by atoms with Crippen LogP contribution in [0.1, 0.15) is 12.5 Å². The molecule has 0 aliphatic rings. The monoisotopic (exact) mass is 432 g/mol. The number of amides is 1. The van der Waals surface area contributed by atoms with E-state index >= 15 is 0 Å². The van der Waals surface area contributed by atoms with Gasteiger partial charge in [-0.05, 0) is 38.1 Å². The molecule has 0 spiro atoms. The topological polar surface area (TPSA) is 59.8 Å². The summed E-state index contributed by atoms with van der Waals surface area (Å²) in [5, 5.41) is 11.5. The van der Waals surface area contributed by atoms with Gasteiger partial charge in [0, 0.05) is 11.3 Å². The predicted octanol–water partition coefficient (Wildman–Crippen LogP) is 5.50. The average Bonchev–Trinajstić information content (AvgIpc) is 3.20. The molecule has 1 N–H and O–H groups in total. The molecule has 1 unspecified atom stereocenters. The molecule has 0 aliphatic carbocycles. The number of thioether (sulfide) groups is 1. The quantitative estimate of drug-likeness (QED) is 0.409. The summed E-state index contributed by atoms with van der Waals surface area (Å²) in [6.07, 6.45) is 0. The number of carbonyl (C=O) groups excluding carboxylic acids is 1. The fraction of sp³-hybridized carbons (Fsp3) is 0.125. The molecule has 0 saturated carbocycles. The molecule has 3 aromatic carbocycles. The number of benzene rings is 3. The Morgan fingerprint density at radius 3 is 2.35 bits per heavy atom. The Morgan fingerprint density at radius 2 is 1.65 bits per heavy atom. The smallest absolute Gasteiger partial charge is 0.237 e. The summed E-state index contributed by atoms with van der Waals surface area (Å²) in [6.45, 7) is 3.79. The largest absolute Gasteiger partial charge is 0.323 e. The van der Waals surface area contributed by atoms with E-state index in [2.05, 4.69) is 15.5 Å². The lowest BCUT2D eigenvalue weighted by molar-refractivity contribution is -0.115. The Morgan fingerprint density at radius 1 is 0.968 bits per heavy atom. The number of hydrogen-bond donors (Lipinski definition) is 1. The zero-order chi connectivity index (χ0) is 21.8. The first kappa shape index (κ1) is 20.8. The molecular formula is C24H21FN4OS. The molecule has 4 aromatic rings. The van der Waals surface area contributed by atoms with Crippen molar-refractivity contribution in [3.63, 3.8) is 0 Å². The van der Waals surface area contributed by atoms with E-state index in [1.807, 2.05) is 66.1 Å². The fourth-order valence-electron chi connectivity index (χ4n) is 3.06. The van der Waals surface area contributed by atoms with Gasteiger partial charge in [0.05, 0.1) is 10.9 Å². The summed E-state index contributed by atoms with van der Waals surface area (Å²) in [7, 11) is 0. The second kappa shape index (κ2) is 9.14. The first-order valence-corrected chi connectivity index (χ1v) is 10.7. The Labute approximate surface area is 184 Å². The van der Waals surface area contributed by atoms with E-state index < -0.39 is 11.1 Å². The van der Waals surface area contributed by atoms with Crippen LogP contribution < -0.4 is 5.32 Å². The summed E-state index contributed by atoms with van der Waals surface area (Å²) in [5.41, 5.74) is 3.12. The normalized spacial score (nSPS) is 11.8. The molecule has 0 radical (unpaired) electrons. The molecule has 7 heteroatoms. The summed E-state index contributed by atoms with van der Waals surface area (Å²) in [4.78, 5) is 12.7. The lowest BCUT2D eigenvalue weighted by Crippen LogP contribution is -2.23. The number of aryl methyl sites for hydroxylation is 1. The first-order valence-electron chi connectivity index (χ1n) is 9.83. The third kappa shape index (κ3) is 4.67. The van der Waals surface area contributed by atoms with E-state index in [-0.39, 0.29) is 11.6 Å². The van der Waals surface area contributed by atoms with E-state index in [0.29, 0.717) is 11.0 Å². The highest BCUT2D eigenvalue weighted by Crippen LogP contribution is 2.30. The van der Waals surface area contributed by atoms with Gasteiger partial charge in [-0.1, -0.05) is 71.9 Å². The number of anilines is 1. The van der Waals surface area contributed by atoms with Crippen molar-refractivity contribution in [2.75, 3.05) is 5.32 Å². The van der Waals surface area contributed by atoms with Gasteiger partial charge in [0.2, 0.25) is 5.91 Å². The molecule has 5 nitrogen and oxygen atoms in total. The average molecular weight is 433 g/mol. The predicted molar refractivity (Wildman–Crippen MR) is 122 cm³/mol. The van der Waals surface area contributed by atoms with Crippen molar-refractivity contribution in [3.05, 3.63) is 90.2 Å². The van der Waals surface area contributed by atoms with Crippen LogP contribution in [-0.4, -0.2) is 25.9 Å². The van der Waals surface area contributed by atoms with Crippen molar-refractivity contribution < 1.29 is 9.18 Å². The van der Waals surface area contributed by atoms with Gasteiger partial charge < -0.3 is 5.32 Å². The number of rotatable bonds is 6. The summed E-state index contributed by atoms with van der Waals surface area (Å²) in [6, 6.07) is 23.9. The Kier molecular flexibility index (Phi) is 6.13. The minimum Gasteiger partial charge on any atom is -0.323 e. The van der Waals surface area contributed by atoms with E-state index in [1.54, 1.807) is 19.1 Å². The van der Waals surface area contributed by atoms with Crippen LogP contribution in [0.3, 0.4) is 0 Å². The fourth-order valence-corrected chi connectivity index (χ4v) is 3.92.